The van der Waals surface area contributed by atoms with Gasteiger partial charge in [0.25, 0.3) is 0 Å². The molecule has 1 saturated carbocycles. The van der Waals surface area contributed by atoms with Crippen LogP contribution in [0.25, 0.3) is 5.65 Å². The summed E-state index contributed by atoms with van der Waals surface area (Å²) in [4.78, 5) is 62.3. The van der Waals surface area contributed by atoms with Crippen LogP contribution in [0.15, 0.2) is 47.4 Å². The molecule has 2 aromatic heterocycles. The number of benzene rings is 1. The number of hydrogen-bond donors (Lipinski definition) is 0. The highest BCUT2D eigenvalue weighted by Crippen LogP contribution is 2.34. The van der Waals surface area contributed by atoms with Crippen molar-refractivity contribution in [2.24, 2.45) is 0 Å². The lowest BCUT2D eigenvalue weighted by atomic mass is 10.2. The summed E-state index contributed by atoms with van der Waals surface area (Å²) in [6.45, 7) is 5.46. The first kappa shape index (κ1) is 28.9. The van der Waals surface area contributed by atoms with Crippen molar-refractivity contribution < 1.29 is 28.6 Å². The number of carbonyl (C=O) groups excluding carboxylic acids is 3. The molecule has 0 unspecified atom stereocenters. The number of carbonyl (C=O) groups is 3. The third kappa shape index (κ3) is 6.02. The Balaban J connectivity index is 1.59. The molecule has 3 heterocycles. The third-order valence-electron chi connectivity index (χ3n) is 7.12. The maximum atomic E-state index is 13.9. The van der Waals surface area contributed by atoms with Crippen LogP contribution in [-0.2, 0) is 20.9 Å². The zero-order chi connectivity index (χ0) is 30.2. The number of fused-ring (bicyclic) bond motifs is 1. The molecule has 1 aliphatic heterocycles. The van der Waals surface area contributed by atoms with Gasteiger partial charge in [-0.05, 0) is 45.2 Å². The number of pyridine rings is 1. The van der Waals surface area contributed by atoms with E-state index in [2.05, 4.69) is 9.88 Å². The molecule has 0 bridgehead atoms. The molecular weight excluding hydrogens is 542 g/mol. The molecule has 2 aliphatic rings. The van der Waals surface area contributed by atoms with E-state index < -0.39 is 23.2 Å². The molecular formula is C30H35N5O7. The molecule has 1 aromatic carbocycles. The van der Waals surface area contributed by atoms with Gasteiger partial charge in [0.2, 0.25) is 11.7 Å². The highest BCUT2D eigenvalue weighted by Gasteiger charge is 2.34. The highest BCUT2D eigenvalue weighted by molar-refractivity contribution is 6.01. The molecule has 222 valence electrons. The van der Waals surface area contributed by atoms with Crippen molar-refractivity contribution in [3.63, 3.8) is 0 Å². The van der Waals surface area contributed by atoms with Gasteiger partial charge < -0.3 is 24.0 Å². The number of anilines is 2. The molecule has 0 spiro atoms. The molecule has 1 saturated heterocycles. The van der Waals surface area contributed by atoms with Crippen molar-refractivity contribution in [1.82, 2.24) is 14.3 Å². The number of methoxy groups -OCH3 is 1. The minimum Gasteiger partial charge on any atom is -0.481 e. The molecule has 5 rings (SSSR count). The van der Waals surface area contributed by atoms with Crippen molar-refractivity contribution >= 4 is 35.0 Å². The molecule has 0 N–H and O–H groups in total. The van der Waals surface area contributed by atoms with E-state index in [0.29, 0.717) is 17.4 Å². The normalized spacial score (nSPS) is 15.5. The molecule has 42 heavy (non-hydrogen) atoms. The van der Waals surface area contributed by atoms with Crippen molar-refractivity contribution in [2.75, 3.05) is 43.6 Å². The Morgan fingerprint density at radius 3 is 2.43 bits per heavy atom. The van der Waals surface area contributed by atoms with Crippen LogP contribution in [0.3, 0.4) is 0 Å². The van der Waals surface area contributed by atoms with Crippen LogP contribution < -0.4 is 20.1 Å². The Morgan fingerprint density at radius 2 is 1.81 bits per heavy atom. The lowest BCUT2D eigenvalue weighted by molar-refractivity contribution is -0.121. The maximum absolute atomic E-state index is 13.9. The summed E-state index contributed by atoms with van der Waals surface area (Å²) in [7, 11) is 3.12. The van der Waals surface area contributed by atoms with E-state index in [0.717, 1.165) is 18.4 Å². The maximum Gasteiger partial charge on any atom is 0.410 e. The lowest BCUT2D eigenvalue weighted by Gasteiger charge is -2.35. The first-order valence-corrected chi connectivity index (χ1v) is 13.8. The number of esters is 1. The van der Waals surface area contributed by atoms with Crippen LogP contribution >= 0.6 is 0 Å². The fraction of sp³-hybridized carbons (Fsp3) is 0.433. The second kappa shape index (κ2) is 11.3. The molecule has 3 aromatic rings. The van der Waals surface area contributed by atoms with E-state index in [4.69, 9.17) is 14.2 Å². The zero-order valence-electron chi connectivity index (χ0n) is 24.5. The van der Waals surface area contributed by atoms with Gasteiger partial charge in [-0.15, -0.1) is 0 Å². The number of piperazine rings is 1. The third-order valence-corrected chi connectivity index (χ3v) is 7.12. The Hall–Kier alpha value is -4.61. The number of ether oxygens (including phenoxy) is 3. The predicted octanol–water partition coefficient (Wildman–Crippen LogP) is 3.24. The average molecular weight is 578 g/mol. The molecule has 2 amide bonds. The average Bonchev–Trinajstić information content (AvgIpc) is 3.81. The summed E-state index contributed by atoms with van der Waals surface area (Å²) >= 11 is 0. The Labute approximate surface area is 243 Å². The van der Waals surface area contributed by atoms with Gasteiger partial charge >= 0.3 is 17.6 Å². The molecule has 0 radical (unpaired) electrons. The summed E-state index contributed by atoms with van der Waals surface area (Å²) in [6, 6.07) is 11.3. The number of amides is 2. The molecule has 0 atom stereocenters. The van der Waals surface area contributed by atoms with Crippen LogP contribution in [0.4, 0.5) is 16.2 Å². The van der Waals surface area contributed by atoms with Gasteiger partial charge in [-0.2, -0.15) is 0 Å². The molecule has 12 nitrogen and oxygen atoms in total. The largest absolute Gasteiger partial charge is 0.481 e. The summed E-state index contributed by atoms with van der Waals surface area (Å²) in [6.07, 6.45) is 3.09. The van der Waals surface area contributed by atoms with Gasteiger partial charge in [0, 0.05) is 32.4 Å². The van der Waals surface area contributed by atoms with E-state index in [1.54, 1.807) is 33.0 Å². The van der Waals surface area contributed by atoms with E-state index >= 15 is 0 Å². The van der Waals surface area contributed by atoms with Crippen LogP contribution in [0.1, 0.15) is 49.7 Å². The van der Waals surface area contributed by atoms with Crippen LogP contribution in [0.2, 0.25) is 0 Å². The number of aromatic nitrogens is 2. The van der Waals surface area contributed by atoms with Crippen molar-refractivity contribution in [1.29, 1.82) is 0 Å². The van der Waals surface area contributed by atoms with Crippen molar-refractivity contribution in [2.45, 2.75) is 51.9 Å². The van der Waals surface area contributed by atoms with E-state index in [9.17, 15) is 19.2 Å². The molecule has 1 aliphatic carbocycles. The second-order valence-corrected chi connectivity index (χ2v) is 11.4. The van der Waals surface area contributed by atoms with Crippen LogP contribution in [0.5, 0.6) is 5.75 Å². The Bertz CT molecular complexity index is 1580. The van der Waals surface area contributed by atoms with Gasteiger partial charge in [-0.25, -0.2) is 14.6 Å². The van der Waals surface area contributed by atoms with E-state index in [1.165, 1.54) is 21.3 Å². The van der Waals surface area contributed by atoms with Crippen LogP contribution in [-0.4, -0.2) is 77.7 Å². The second-order valence-electron chi connectivity index (χ2n) is 11.4. The minimum atomic E-state index is -0.844. The van der Waals surface area contributed by atoms with Crippen molar-refractivity contribution in [3.8, 4) is 5.75 Å². The fourth-order valence-corrected chi connectivity index (χ4v) is 4.76. The Kier molecular flexibility index (Phi) is 7.81. The number of nitrogens with zero attached hydrogens (tertiary/aromatic N) is 5. The summed E-state index contributed by atoms with van der Waals surface area (Å²) in [5.74, 6) is -1.47. The van der Waals surface area contributed by atoms with E-state index in [1.807, 2.05) is 37.4 Å². The molecule has 2 fully saturated rings. The predicted molar refractivity (Wildman–Crippen MR) is 155 cm³/mol. The van der Waals surface area contributed by atoms with Gasteiger partial charge in [-0.1, -0.05) is 30.3 Å². The standard InChI is InChI=1S/C30H35N5O7/c1-30(2,3)42-29(39)33-13-14-34(23(36)17-33)22-15-21(32(4)20-11-12-20)16-35-26(22)31-24(28(38)40-5)25(27(35)37)41-18-19-9-7-6-8-10-19/h6-10,15-16,20H,11-14,17-18H2,1-5H3. The zero-order valence-corrected chi connectivity index (χ0v) is 24.5. The molecule has 12 heteroatoms. The van der Waals surface area contributed by atoms with Gasteiger partial charge in [0.1, 0.15) is 18.8 Å². The fourth-order valence-electron chi connectivity index (χ4n) is 4.76. The summed E-state index contributed by atoms with van der Waals surface area (Å²) in [5, 5.41) is 0. The highest BCUT2D eigenvalue weighted by atomic mass is 16.6. The van der Waals surface area contributed by atoms with Crippen LogP contribution in [0, 0.1) is 0 Å². The lowest BCUT2D eigenvalue weighted by Crippen LogP contribution is -2.53. The minimum absolute atomic E-state index is 0.0352. The van der Waals surface area contributed by atoms with Gasteiger partial charge in [0.05, 0.1) is 18.5 Å². The quantitative estimate of drug-likeness (QED) is 0.390. The van der Waals surface area contributed by atoms with Crippen molar-refractivity contribution in [3.05, 3.63) is 64.2 Å². The first-order chi connectivity index (χ1) is 20.0. The summed E-state index contributed by atoms with van der Waals surface area (Å²) in [5.41, 5.74) is 0.335. The van der Waals surface area contributed by atoms with Gasteiger partial charge in [0.15, 0.2) is 11.3 Å². The van der Waals surface area contributed by atoms with Gasteiger partial charge in [-0.3, -0.25) is 18.9 Å². The first-order valence-electron chi connectivity index (χ1n) is 13.8. The monoisotopic (exact) mass is 577 g/mol. The SMILES string of the molecule is COC(=O)c1nc2c(N3CCN(C(=O)OC(C)(C)C)CC3=O)cc(N(C)C3CC3)cn2c(=O)c1OCc1ccccc1. The Morgan fingerprint density at radius 1 is 1.10 bits per heavy atom. The smallest absolute Gasteiger partial charge is 0.410 e. The van der Waals surface area contributed by atoms with E-state index in [-0.39, 0.29) is 49.2 Å². The number of hydrogen-bond acceptors (Lipinski definition) is 9. The summed E-state index contributed by atoms with van der Waals surface area (Å²) < 4.78 is 17.6. The topological polar surface area (TPSA) is 123 Å². The number of rotatable bonds is 7.